The van der Waals surface area contributed by atoms with E-state index in [1.54, 1.807) is 0 Å². The lowest BCUT2D eigenvalue weighted by atomic mass is 9.88. The van der Waals surface area contributed by atoms with Gasteiger partial charge in [0, 0.05) is 36.3 Å². The van der Waals surface area contributed by atoms with Gasteiger partial charge in [-0.05, 0) is 31.4 Å². The fourth-order valence-electron chi connectivity index (χ4n) is 2.38. The van der Waals surface area contributed by atoms with Gasteiger partial charge in [0.05, 0.1) is 0 Å². The third-order valence-electron chi connectivity index (χ3n) is 3.37. The van der Waals surface area contributed by atoms with E-state index in [1.165, 1.54) is 10.9 Å². The molecular weight excluding hydrogens is 212 g/mol. The van der Waals surface area contributed by atoms with Crippen LogP contribution in [0.5, 0.6) is 0 Å². The Balaban J connectivity index is 2.48. The lowest BCUT2D eigenvalue weighted by molar-refractivity contribution is 0.266. The van der Waals surface area contributed by atoms with Crippen LogP contribution in [0.2, 0.25) is 0 Å². The second-order valence-electron chi connectivity index (χ2n) is 4.92. The second kappa shape index (κ2) is 4.51. The van der Waals surface area contributed by atoms with Crippen LogP contribution in [0.15, 0.2) is 30.5 Å². The van der Waals surface area contributed by atoms with Gasteiger partial charge < -0.3 is 15.4 Å². The van der Waals surface area contributed by atoms with E-state index >= 15 is 0 Å². The van der Waals surface area contributed by atoms with E-state index in [9.17, 15) is 0 Å². The maximum Gasteiger partial charge on any atom is 0.0481 e. The van der Waals surface area contributed by atoms with Crippen LogP contribution in [-0.4, -0.2) is 16.3 Å². The van der Waals surface area contributed by atoms with Crippen LogP contribution in [0, 0.1) is 0 Å². The zero-order chi connectivity index (χ0) is 12.5. The van der Waals surface area contributed by atoms with E-state index in [1.807, 2.05) is 26.1 Å². The summed E-state index contributed by atoms with van der Waals surface area (Å²) in [7, 11) is 2.04. The molecule has 3 N–H and O–H groups in total. The third kappa shape index (κ3) is 2.21. The van der Waals surface area contributed by atoms with Crippen molar-refractivity contribution in [1.82, 2.24) is 4.57 Å². The van der Waals surface area contributed by atoms with Gasteiger partial charge in [-0.1, -0.05) is 18.2 Å². The number of hydrogen-bond donors (Lipinski definition) is 2. The first-order valence-electron chi connectivity index (χ1n) is 6.00. The molecule has 1 atom stereocenters. The van der Waals surface area contributed by atoms with E-state index < -0.39 is 0 Å². The molecule has 1 heterocycles. The maximum atomic E-state index is 8.93. The first-order valence-corrected chi connectivity index (χ1v) is 6.00. The number of aliphatic hydroxyl groups excluding tert-OH is 1. The predicted molar refractivity (Wildman–Crippen MR) is 70.8 cm³/mol. The Bertz CT molecular complexity index is 514. The fourth-order valence-corrected chi connectivity index (χ4v) is 2.38. The number of nitrogens with two attached hydrogens (primary N) is 1. The molecule has 0 saturated heterocycles. The average molecular weight is 232 g/mol. The molecule has 2 rings (SSSR count). The van der Waals surface area contributed by atoms with Gasteiger partial charge in [0.1, 0.15) is 0 Å². The molecule has 0 fully saturated rings. The Labute approximate surface area is 102 Å². The highest BCUT2D eigenvalue weighted by Crippen LogP contribution is 2.31. The molecule has 2 aromatic rings. The summed E-state index contributed by atoms with van der Waals surface area (Å²) in [5.41, 5.74) is 8.35. The molecule has 0 aliphatic rings. The monoisotopic (exact) mass is 232 g/mol. The van der Waals surface area contributed by atoms with Crippen LogP contribution in [0.25, 0.3) is 10.9 Å². The van der Waals surface area contributed by atoms with E-state index in [-0.39, 0.29) is 12.1 Å². The minimum Gasteiger partial charge on any atom is -0.396 e. The predicted octanol–water partition coefficient (Wildman–Crippen LogP) is 2.12. The minimum atomic E-state index is -0.385. The second-order valence-corrected chi connectivity index (χ2v) is 4.92. The van der Waals surface area contributed by atoms with Gasteiger partial charge in [-0.3, -0.25) is 0 Å². The number of aromatic nitrogens is 1. The number of rotatable bonds is 4. The van der Waals surface area contributed by atoms with Crippen LogP contribution in [0.3, 0.4) is 0 Å². The van der Waals surface area contributed by atoms with Crippen molar-refractivity contribution < 1.29 is 5.11 Å². The molecule has 17 heavy (non-hydrogen) atoms. The SMILES string of the molecule is Cn1cc(C(C)(N)CCCO)c2ccccc21. The molecule has 0 saturated carbocycles. The van der Waals surface area contributed by atoms with Gasteiger partial charge >= 0.3 is 0 Å². The van der Waals surface area contributed by atoms with Crippen molar-refractivity contribution in [3.05, 3.63) is 36.0 Å². The van der Waals surface area contributed by atoms with Gasteiger partial charge in [-0.15, -0.1) is 0 Å². The van der Waals surface area contributed by atoms with Crippen molar-refractivity contribution in [3.8, 4) is 0 Å². The number of aryl methyl sites for hydroxylation is 1. The highest BCUT2D eigenvalue weighted by atomic mass is 16.2. The Hall–Kier alpha value is -1.32. The summed E-state index contributed by atoms with van der Waals surface area (Å²) in [6.07, 6.45) is 3.62. The number of fused-ring (bicyclic) bond motifs is 1. The van der Waals surface area contributed by atoms with Crippen LogP contribution >= 0.6 is 0 Å². The zero-order valence-corrected chi connectivity index (χ0v) is 10.5. The number of nitrogens with zero attached hydrogens (tertiary/aromatic N) is 1. The average Bonchev–Trinajstić information content (AvgIpc) is 2.66. The summed E-state index contributed by atoms with van der Waals surface area (Å²) >= 11 is 0. The molecule has 0 aliphatic heterocycles. The van der Waals surface area contributed by atoms with Crippen LogP contribution in [-0.2, 0) is 12.6 Å². The maximum absolute atomic E-state index is 8.93. The number of hydrogen-bond acceptors (Lipinski definition) is 2. The molecule has 0 radical (unpaired) electrons. The van der Waals surface area contributed by atoms with Gasteiger partial charge in [-0.2, -0.15) is 0 Å². The summed E-state index contributed by atoms with van der Waals surface area (Å²) in [5.74, 6) is 0. The van der Waals surface area contributed by atoms with Crippen LogP contribution in [0.4, 0.5) is 0 Å². The smallest absolute Gasteiger partial charge is 0.0481 e. The first-order chi connectivity index (χ1) is 8.06. The summed E-state index contributed by atoms with van der Waals surface area (Å²) in [5, 5.41) is 10.1. The van der Waals surface area contributed by atoms with E-state index in [4.69, 9.17) is 10.8 Å². The highest BCUT2D eigenvalue weighted by molar-refractivity contribution is 5.84. The Morgan fingerprint density at radius 3 is 2.76 bits per heavy atom. The number of para-hydroxylation sites is 1. The molecule has 1 aromatic heterocycles. The molecule has 0 amide bonds. The summed E-state index contributed by atoms with van der Waals surface area (Å²) in [6.45, 7) is 2.22. The third-order valence-corrected chi connectivity index (χ3v) is 3.37. The largest absolute Gasteiger partial charge is 0.396 e. The van der Waals surface area contributed by atoms with E-state index in [0.29, 0.717) is 0 Å². The molecule has 0 aliphatic carbocycles. The molecule has 3 nitrogen and oxygen atoms in total. The van der Waals surface area contributed by atoms with Crippen molar-refractivity contribution >= 4 is 10.9 Å². The lowest BCUT2D eigenvalue weighted by Crippen LogP contribution is -2.33. The molecule has 1 unspecified atom stereocenters. The van der Waals surface area contributed by atoms with Crippen molar-refractivity contribution in [2.75, 3.05) is 6.61 Å². The first kappa shape index (κ1) is 12.1. The fraction of sp³-hybridized carbons (Fsp3) is 0.429. The summed E-state index contributed by atoms with van der Waals surface area (Å²) in [6, 6.07) is 8.28. The number of aliphatic hydroxyl groups is 1. The molecule has 0 bridgehead atoms. The summed E-state index contributed by atoms with van der Waals surface area (Å²) < 4.78 is 2.11. The quantitative estimate of drug-likeness (QED) is 0.848. The normalized spacial score (nSPS) is 15.1. The highest BCUT2D eigenvalue weighted by Gasteiger charge is 2.24. The molecular formula is C14H20N2O. The van der Waals surface area contributed by atoms with Crippen LogP contribution in [0.1, 0.15) is 25.3 Å². The van der Waals surface area contributed by atoms with Gasteiger partial charge in [-0.25, -0.2) is 0 Å². The Kier molecular flexibility index (Phi) is 3.22. The van der Waals surface area contributed by atoms with Gasteiger partial charge in [0.2, 0.25) is 0 Å². The van der Waals surface area contributed by atoms with Crippen molar-refractivity contribution in [2.24, 2.45) is 12.8 Å². The molecule has 3 heteroatoms. The van der Waals surface area contributed by atoms with Gasteiger partial charge in [0.25, 0.3) is 0 Å². The van der Waals surface area contributed by atoms with Crippen molar-refractivity contribution in [2.45, 2.75) is 25.3 Å². The zero-order valence-electron chi connectivity index (χ0n) is 10.5. The molecule has 1 aromatic carbocycles. The lowest BCUT2D eigenvalue weighted by Gasteiger charge is -2.24. The standard InChI is InChI=1S/C14H20N2O/c1-14(15,8-5-9-17)12-10-16(2)13-7-4-3-6-11(12)13/h3-4,6-7,10,17H,5,8-9,15H2,1-2H3. The topological polar surface area (TPSA) is 51.2 Å². The van der Waals surface area contributed by atoms with E-state index in [0.717, 1.165) is 18.4 Å². The van der Waals surface area contributed by atoms with Crippen molar-refractivity contribution in [1.29, 1.82) is 0 Å². The van der Waals surface area contributed by atoms with E-state index in [2.05, 4.69) is 22.9 Å². The van der Waals surface area contributed by atoms with Crippen molar-refractivity contribution in [3.63, 3.8) is 0 Å². The number of benzene rings is 1. The Morgan fingerprint density at radius 2 is 2.06 bits per heavy atom. The minimum absolute atomic E-state index is 0.192. The van der Waals surface area contributed by atoms with Gasteiger partial charge in [0.15, 0.2) is 0 Å². The molecule has 0 spiro atoms. The molecule has 92 valence electrons. The summed E-state index contributed by atoms with van der Waals surface area (Å²) in [4.78, 5) is 0. The van der Waals surface area contributed by atoms with Crippen LogP contribution < -0.4 is 5.73 Å². The Morgan fingerprint density at radius 1 is 1.35 bits per heavy atom.